The molecule has 0 radical (unpaired) electrons. The second-order valence-electron chi connectivity index (χ2n) is 5.44. The van der Waals surface area contributed by atoms with E-state index in [0.29, 0.717) is 0 Å². The second kappa shape index (κ2) is 3.88. The van der Waals surface area contributed by atoms with E-state index in [2.05, 4.69) is 36.3 Å². The van der Waals surface area contributed by atoms with Crippen molar-refractivity contribution in [3.05, 3.63) is 35.5 Å². The third-order valence-electron chi connectivity index (χ3n) is 4.36. The van der Waals surface area contributed by atoms with E-state index in [1.807, 2.05) is 0 Å². The Bertz CT molecular complexity index is 533. The van der Waals surface area contributed by atoms with Gasteiger partial charge in [0.15, 0.2) is 0 Å². The summed E-state index contributed by atoms with van der Waals surface area (Å²) in [6.45, 7) is 2.90. The molecule has 1 aliphatic rings. The van der Waals surface area contributed by atoms with Crippen molar-refractivity contribution >= 4 is 10.9 Å². The lowest BCUT2D eigenvalue weighted by Gasteiger charge is -2.27. The Hall–Kier alpha value is -1.28. The summed E-state index contributed by atoms with van der Waals surface area (Å²) >= 11 is 0. The van der Waals surface area contributed by atoms with Crippen molar-refractivity contribution in [1.29, 1.82) is 0 Å². The van der Waals surface area contributed by atoms with Gasteiger partial charge in [-0.15, -0.1) is 0 Å². The lowest BCUT2D eigenvalue weighted by molar-refractivity contribution is 0.457. The van der Waals surface area contributed by atoms with Gasteiger partial charge >= 0.3 is 0 Å². The van der Waals surface area contributed by atoms with Crippen molar-refractivity contribution in [2.75, 3.05) is 6.54 Å². The van der Waals surface area contributed by atoms with E-state index >= 15 is 0 Å². The number of aromatic amines is 1. The Morgan fingerprint density at radius 1 is 1.29 bits per heavy atom. The zero-order valence-corrected chi connectivity index (χ0v) is 10.4. The normalized spacial score (nSPS) is 18.9. The molecule has 1 heterocycles. The minimum atomic E-state index is 0.230. The van der Waals surface area contributed by atoms with Crippen LogP contribution in [0.2, 0.25) is 0 Å². The van der Waals surface area contributed by atoms with Crippen molar-refractivity contribution < 1.29 is 0 Å². The highest BCUT2D eigenvalue weighted by molar-refractivity contribution is 5.85. The molecule has 0 unspecified atom stereocenters. The number of benzene rings is 1. The Labute approximate surface area is 102 Å². The number of nitrogens with one attached hydrogen (secondary N) is 1. The summed E-state index contributed by atoms with van der Waals surface area (Å²) < 4.78 is 0. The van der Waals surface area contributed by atoms with E-state index in [1.165, 1.54) is 47.7 Å². The molecule has 2 aromatic rings. The Kier molecular flexibility index (Phi) is 2.48. The maximum absolute atomic E-state index is 6.07. The minimum Gasteiger partial charge on any atom is -0.361 e. The summed E-state index contributed by atoms with van der Waals surface area (Å²) in [6, 6.07) is 6.66. The van der Waals surface area contributed by atoms with E-state index in [9.17, 15) is 0 Å². The fourth-order valence-corrected chi connectivity index (χ4v) is 3.31. The standard InChI is InChI=1S/C15H20N2/c1-11-4-5-12-13(9-17-14(12)8-11)15(10-16)6-2-3-7-15/h4-5,8-9,17H,2-3,6-7,10,16H2,1H3. The van der Waals surface area contributed by atoms with Crippen LogP contribution in [0.1, 0.15) is 36.8 Å². The molecule has 0 saturated heterocycles. The fraction of sp³-hybridized carbons (Fsp3) is 0.467. The largest absolute Gasteiger partial charge is 0.361 e. The van der Waals surface area contributed by atoms with E-state index in [4.69, 9.17) is 5.73 Å². The predicted octanol–water partition coefficient (Wildman–Crippen LogP) is 3.25. The van der Waals surface area contributed by atoms with Gasteiger partial charge in [0, 0.05) is 29.1 Å². The quantitative estimate of drug-likeness (QED) is 0.814. The number of rotatable bonds is 2. The van der Waals surface area contributed by atoms with E-state index in [-0.39, 0.29) is 5.41 Å². The second-order valence-corrected chi connectivity index (χ2v) is 5.44. The smallest absolute Gasteiger partial charge is 0.0459 e. The number of fused-ring (bicyclic) bond motifs is 1. The minimum absolute atomic E-state index is 0.230. The third kappa shape index (κ3) is 1.59. The van der Waals surface area contributed by atoms with Gasteiger partial charge in [0.2, 0.25) is 0 Å². The fourth-order valence-electron chi connectivity index (χ4n) is 3.31. The molecule has 0 aliphatic heterocycles. The molecule has 1 aliphatic carbocycles. The van der Waals surface area contributed by atoms with Crippen molar-refractivity contribution in [2.24, 2.45) is 5.73 Å². The predicted molar refractivity (Wildman–Crippen MR) is 72.2 cm³/mol. The highest BCUT2D eigenvalue weighted by atomic mass is 14.7. The first-order valence-corrected chi connectivity index (χ1v) is 6.53. The number of aromatic nitrogens is 1. The SMILES string of the molecule is Cc1ccc2c(C3(CN)CCCC3)c[nH]c2c1. The zero-order chi connectivity index (χ0) is 11.9. The van der Waals surface area contributed by atoms with Crippen molar-refractivity contribution in [1.82, 2.24) is 4.98 Å². The number of H-pyrrole nitrogens is 1. The zero-order valence-electron chi connectivity index (χ0n) is 10.4. The van der Waals surface area contributed by atoms with Crippen molar-refractivity contribution in [3.63, 3.8) is 0 Å². The molecule has 0 amide bonds. The molecule has 1 aromatic heterocycles. The summed E-state index contributed by atoms with van der Waals surface area (Å²) in [5.41, 5.74) is 10.3. The average molecular weight is 228 g/mol. The van der Waals surface area contributed by atoms with Gasteiger partial charge in [-0.05, 0) is 37.0 Å². The lowest BCUT2D eigenvalue weighted by atomic mass is 9.79. The number of nitrogens with two attached hydrogens (primary N) is 1. The molecule has 2 heteroatoms. The molecular weight excluding hydrogens is 208 g/mol. The molecule has 1 saturated carbocycles. The van der Waals surface area contributed by atoms with E-state index in [0.717, 1.165) is 6.54 Å². The van der Waals surface area contributed by atoms with E-state index in [1.54, 1.807) is 0 Å². The Morgan fingerprint density at radius 3 is 2.76 bits per heavy atom. The first-order chi connectivity index (χ1) is 8.25. The van der Waals surface area contributed by atoms with Crippen LogP contribution in [0.4, 0.5) is 0 Å². The molecule has 0 spiro atoms. The molecule has 90 valence electrons. The average Bonchev–Trinajstić information content (AvgIpc) is 2.94. The van der Waals surface area contributed by atoms with Crippen LogP contribution in [-0.4, -0.2) is 11.5 Å². The van der Waals surface area contributed by atoms with Crippen LogP contribution >= 0.6 is 0 Å². The van der Waals surface area contributed by atoms with Crippen LogP contribution in [0.15, 0.2) is 24.4 Å². The van der Waals surface area contributed by atoms with Gasteiger partial charge in [-0.2, -0.15) is 0 Å². The number of hydrogen-bond donors (Lipinski definition) is 2. The van der Waals surface area contributed by atoms with Crippen LogP contribution in [0.3, 0.4) is 0 Å². The molecule has 3 N–H and O–H groups in total. The molecule has 17 heavy (non-hydrogen) atoms. The van der Waals surface area contributed by atoms with Gasteiger partial charge in [0.25, 0.3) is 0 Å². The maximum atomic E-state index is 6.07. The Morgan fingerprint density at radius 2 is 2.06 bits per heavy atom. The summed E-state index contributed by atoms with van der Waals surface area (Å²) in [7, 11) is 0. The molecule has 1 aromatic carbocycles. The van der Waals surface area contributed by atoms with Crippen LogP contribution in [0, 0.1) is 6.92 Å². The Balaban J connectivity index is 2.17. The molecule has 0 atom stereocenters. The molecule has 2 nitrogen and oxygen atoms in total. The first-order valence-electron chi connectivity index (χ1n) is 6.53. The lowest BCUT2D eigenvalue weighted by Crippen LogP contribution is -2.31. The van der Waals surface area contributed by atoms with Crippen LogP contribution in [0.25, 0.3) is 10.9 Å². The van der Waals surface area contributed by atoms with Crippen LogP contribution in [0.5, 0.6) is 0 Å². The van der Waals surface area contributed by atoms with Crippen molar-refractivity contribution in [3.8, 4) is 0 Å². The summed E-state index contributed by atoms with van der Waals surface area (Å²) in [6.07, 6.45) is 7.29. The molecule has 0 bridgehead atoms. The molecule has 1 fully saturated rings. The summed E-state index contributed by atoms with van der Waals surface area (Å²) in [5.74, 6) is 0. The first kappa shape index (κ1) is 10.8. The van der Waals surface area contributed by atoms with E-state index < -0.39 is 0 Å². The van der Waals surface area contributed by atoms with Gasteiger partial charge in [0.1, 0.15) is 0 Å². The number of hydrogen-bond acceptors (Lipinski definition) is 1. The molecular formula is C15H20N2. The topological polar surface area (TPSA) is 41.8 Å². The van der Waals surface area contributed by atoms with Crippen LogP contribution < -0.4 is 5.73 Å². The van der Waals surface area contributed by atoms with Gasteiger partial charge in [0.05, 0.1) is 0 Å². The highest BCUT2D eigenvalue weighted by Crippen LogP contribution is 2.43. The summed E-state index contributed by atoms with van der Waals surface area (Å²) in [4.78, 5) is 3.41. The van der Waals surface area contributed by atoms with Gasteiger partial charge < -0.3 is 10.7 Å². The van der Waals surface area contributed by atoms with Crippen LogP contribution in [-0.2, 0) is 5.41 Å². The van der Waals surface area contributed by atoms with Gasteiger partial charge in [-0.25, -0.2) is 0 Å². The number of aryl methyl sites for hydroxylation is 1. The van der Waals surface area contributed by atoms with Crippen molar-refractivity contribution in [2.45, 2.75) is 38.0 Å². The van der Waals surface area contributed by atoms with Gasteiger partial charge in [-0.3, -0.25) is 0 Å². The van der Waals surface area contributed by atoms with Gasteiger partial charge in [-0.1, -0.05) is 25.0 Å². The highest BCUT2D eigenvalue weighted by Gasteiger charge is 2.35. The molecule has 3 rings (SSSR count). The maximum Gasteiger partial charge on any atom is 0.0459 e. The third-order valence-corrected chi connectivity index (χ3v) is 4.36. The summed E-state index contributed by atoms with van der Waals surface area (Å²) in [5, 5.41) is 1.36. The monoisotopic (exact) mass is 228 g/mol.